The molecule has 6 nitrogen and oxygen atoms in total. The molecule has 0 bridgehead atoms. The zero-order valence-electron chi connectivity index (χ0n) is 12.0. The van der Waals surface area contributed by atoms with Crippen LogP contribution in [0.5, 0.6) is 5.75 Å². The first-order valence-corrected chi connectivity index (χ1v) is 6.53. The van der Waals surface area contributed by atoms with Crippen LogP contribution in [-0.2, 0) is 4.74 Å². The van der Waals surface area contributed by atoms with Gasteiger partial charge in [-0.25, -0.2) is 9.97 Å². The average Bonchev–Trinajstić information content (AvgIpc) is 2.37. The molecular weight excluding hydrogens is 244 g/mol. The predicted octanol–water partition coefficient (Wildman–Crippen LogP) is 1.90. The van der Waals surface area contributed by atoms with Crippen molar-refractivity contribution in [1.82, 2.24) is 9.97 Å². The Balaban J connectivity index is 2.14. The Morgan fingerprint density at radius 2 is 2.11 bits per heavy atom. The van der Waals surface area contributed by atoms with Crippen LogP contribution >= 0.6 is 0 Å². The molecule has 1 aliphatic heterocycles. The molecule has 0 radical (unpaired) electrons. The Hall–Kier alpha value is -1.56. The quantitative estimate of drug-likeness (QED) is 0.867. The van der Waals surface area contributed by atoms with Crippen LogP contribution in [0.1, 0.15) is 26.7 Å². The summed E-state index contributed by atoms with van der Waals surface area (Å²) in [6.45, 7) is 4.98. The standard InChI is InChI=1S/C13H22N4O2/c1-13(2)7-9(5-6-19-13)17-12-10(18-4)11(14-3)15-8-16-12/h8-9H,5-7H2,1-4H3,(H2,14,15,16,17). The molecule has 0 amide bonds. The third kappa shape index (κ3) is 3.26. The molecule has 0 aliphatic carbocycles. The molecule has 1 atom stereocenters. The highest BCUT2D eigenvalue weighted by molar-refractivity contribution is 5.63. The molecule has 2 rings (SSSR count). The van der Waals surface area contributed by atoms with Crippen LogP contribution in [0.25, 0.3) is 0 Å². The fraction of sp³-hybridized carbons (Fsp3) is 0.692. The van der Waals surface area contributed by atoms with Crippen molar-refractivity contribution < 1.29 is 9.47 Å². The van der Waals surface area contributed by atoms with Crippen molar-refractivity contribution in [3.63, 3.8) is 0 Å². The molecule has 1 fully saturated rings. The SMILES string of the molecule is CNc1ncnc(NC2CCOC(C)(C)C2)c1OC. The minimum atomic E-state index is -0.0952. The summed E-state index contributed by atoms with van der Waals surface area (Å²) < 4.78 is 11.1. The van der Waals surface area contributed by atoms with E-state index < -0.39 is 0 Å². The van der Waals surface area contributed by atoms with E-state index in [1.165, 1.54) is 6.33 Å². The zero-order chi connectivity index (χ0) is 13.9. The first kappa shape index (κ1) is 13.9. The number of ether oxygens (including phenoxy) is 2. The summed E-state index contributed by atoms with van der Waals surface area (Å²) in [5.74, 6) is 2.06. The summed E-state index contributed by atoms with van der Waals surface area (Å²) in [4.78, 5) is 8.41. The summed E-state index contributed by atoms with van der Waals surface area (Å²) in [6, 6.07) is 0.331. The zero-order valence-corrected chi connectivity index (χ0v) is 12.0. The fourth-order valence-electron chi connectivity index (χ4n) is 2.40. The van der Waals surface area contributed by atoms with Crippen molar-refractivity contribution in [3.8, 4) is 5.75 Å². The molecule has 0 aromatic carbocycles. The molecule has 1 aromatic heterocycles. The van der Waals surface area contributed by atoms with Crippen LogP contribution in [-0.4, -0.2) is 42.4 Å². The third-order valence-electron chi connectivity index (χ3n) is 3.28. The van der Waals surface area contributed by atoms with E-state index in [0.717, 1.165) is 25.3 Å². The van der Waals surface area contributed by atoms with Gasteiger partial charge in [0, 0.05) is 19.7 Å². The van der Waals surface area contributed by atoms with Crippen molar-refractivity contribution >= 4 is 11.6 Å². The van der Waals surface area contributed by atoms with Gasteiger partial charge in [0.25, 0.3) is 0 Å². The van der Waals surface area contributed by atoms with Crippen LogP contribution in [0.4, 0.5) is 11.6 Å². The van der Waals surface area contributed by atoms with Gasteiger partial charge in [0.2, 0.25) is 5.75 Å². The molecule has 1 saturated heterocycles. The second-order valence-corrected chi connectivity index (χ2v) is 5.30. The summed E-state index contributed by atoms with van der Waals surface area (Å²) in [5.41, 5.74) is -0.0952. The molecule has 6 heteroatoms. The van der Waals surface area contributed by atoms with E-state index in [2.05, 4.69) is 34.4 Å². The molecule has 1 unspecified atom stereocenters. The van der Waals surface area contributed by atoms with E-state index in [0.29, 0.717) is 17.6 Å². The molecule has 0 saturated carbocycles. The fourth-order valence-corrected chi connectivity index (χ4v) is 2.40. The van der Waals surface area contributed by atoms with E-state index in [9.17, 15) is 0 Å². The number of hydrogen-bond donors (Lipinski definition) is 2. The molecule has 1 aliphatic rings. The van der Waals surface area contributed by atoms with Crippen molar-refractivity contribution in [2.75, 3.05) is 31.4 Å². The smallest absolute Gasteiger partial charge is 0.204 e. The van der Waals surface area contributed by atoms with Crippen molar-refractivity contribution in [1.29, 1.82) is 0 Å². The average molecular weight is 266 g/mol. The molecule has 2 heterocycles. The van der Waals surface area contributed by atoms with Gasteiger partial charge in [0.15, 0.2) is 11.6 Å². The van der Waals surface area contributed by atoms with Gasteiger partial charge in [-0.3, -0.25) is 0 Å². The second kappa shape index (κ2) is 5.61. The Morgan fingerprint density at radius 1 is 1.37 bits per heavy atom. The molecule has 1 aromatic rings. The topological polar surface area (TPSA) is 68.3 Å². The van der Waals surface area contributed by atoms with Gasteiger partial charge in [-0.15, -0.1) is 0 Å². The largest absolute Gasteiger partial charge is 0.490 e. The van der Waals surface area contributed by atoms with Crippen LogP contribution in [0.15, 0.2) is 6.33 Å². The van der Waals surface area contributed by atoms with Gasteiger partial charge in [0.05, 0.1) is 12.7 Å². The van der Waals surface area contributed by atoms with E-state index in [1.807, 2.05) is 7.05 Å². The van der Waals surface area contributed by atoms with Gasteiger partial charge in [0.1, 0.15) is 6.33 Å². The monoisotopic (exact) mass is 266 g/mol. The van der Waals surface area contributed by atoms with E-state index >= 15 is 0 Å². The van der Waals surface area contributed by atoms with Gasteiger partial charge in [-0.2, -0.15) is 0 Å². The number of anilines is 2. The number of nitrogens with zero attached hydrogens (tertiary/aromatic N) is 2. The summed E-state index contributed by atoms with van der Waals surface area (Å²) in [5, 5.41) is 6.43. The van der Waals surface area contributed by atoms with Gasteiger partial charge < -0.3 is 20.1 Å². The lowest BCUT2D eigenvalue weighted by molar-refractivity contribution is -0.0553. The number of nitrogens with one attached hydrogen (secondary N) is 2. The van der Waals surface area contributed by atoms with Gasteiger partial charge in [-0.1, -0.05) is 0 Å². The maximum Gasteiger partial charge on any atom is 0.204 e. The number of aromatic nitrogens is 2. The third-order valence-corrected chi connectivity index (χ3v) is 3.28. The second-order valence-electron chi connectivity index (χ2n) is 5.30. The Labute approximate surface area is 113 Å². The first-order chi connectivity index (χ1) is 9.05. The Morgan fingerprint density at radius 3 is 2.74 bits per heavy atom. The molecule has 2 N–H and O–H groups in total. The normalized spacial score (nSPS) is 21.8. The molecule has 106 valence electrons. The molecule has 19 heavy (non-hydrogen) atoms. The maximum absolute atomic E-state index is 5.72. The van der Waals surface area contributed by atoms with Gasteiger partial charge in [-0.05, 0) is 26.7 Å². The van der Waals surface area contributed by atoms with Crippen LogP contribution in [0.3, 0.4) is 0 Å². The Bertz CT molecular complexity index is 437. The van der Waals surface area contributed by atoms with Crippen LogP contribution in [0.2, 0.25) is 0 Å². The highest BCUT2D eigenvalue weighted by Gasteiger charge is 2.29. The maximum atomic E-state index is 5.72. The molecular formula is C13H22N4O2. The lowest BCUT2D eigenvalue weighted by Gasteiger charge is -2.36. The predicted molar refractivity (Wildman–Crippen MR) is 74.8 cm³/mol. The van der Waals surface area contributed by atoms with Crippen molar-refractivity contribution in [2.24, 2.45) is 0 Å². The minimum Gasteiger partial charge on any atom is -0.490 e. The molecule has 0 spiro atoms. The van der Waals surface area contributed by atoms with E-state index in [1.54, 1.807) is 7.11 Å². The lowest BCUT2D eigenvalue weighted by atomic mass is 9.94. The van der Waals surface area contributed by atoms with Crippen LogP contribution < -0.4 is 15.4 Å². The van der Waals surface area contributed by atoms with E-state index in [-0.39, 0.29) is 5.60 Å². The van der Waals surface area contributed by atoms with Crippen molar-refractivity contribution in [2.45, 2.75) is 38.3 Å². The highest BCUT2D eigenvalue weighted by atomic mass is 16.5. The first-order valence-electron chi connectivity index (χ1n) is 6.53. The number of hydrogen-bond acceptors (Lipinski definition) is 6. The number of rotatable bonds is 4. The number of methoxy groups -OCH3 is 1. The van der Waals surface area contributed by atoms with Crippen molar-refractivity contribution in [3.05, 3.63) is 6.33 Å². The highest BCUT2D eigenvalue weighted by Crippen LogP contribution is 2.32. The summed E-state index contributed by atoms with van der Waals surface area (Å²) in [6.07, 6.45) is 3.43. The van der Waals surface area contributed by atoms with E-state index in [4.69, 9.17) is 9.47 Å². The minimum absolute atomic E-state index is 0.0952. The Kier molecular flexibility index (Phi) is 4.09. The van der Waals surface area contributed by atoms with Crippen LogP contribution in [0, 0.1) is 0 Å². The summed E-state index contributed by atoms with van der Waals surface area (Å²) in [7, 11) is 3.44. The lowest BCUT2D eigenvalue weighted by Crippen LogP contribution is -2.40. The van der Waals surface area contributed by atoms with Gasteiger partial charge >= 0.3 is 0 Å². The summed E-state index contributed by atoms with van der Waals surface area (Å²) >= 11 is 0.